The van der Waals surface area contributed by atoms with Crippen LogP contribution < -0.4 is 10.6 Å². The second-order valence-corrected chi connectivity index (χ2v) is 5.30. The Morgan fingerprint density at radius 3 is 2.53 bits per heavy atom. The molecular weight excluding hydrogens is 236 g/mol. The van der Waals surface area contributed by atoms with Gasteiger partial charge in [0.05, 0.1) is 0 Å². The quantitative estimate of drug-likeness (QED) is 0.822. The summed E-state index contributed by atoms with van der Waals surface area (Å²) in [7, 11) is 0. The van der Waals surface area contributed by atoms with Gasteiger partial charge in [0, 0.05) is 24.3 Å². The van der Waals surface area contributed by atoms with Gasteiger partial charge in [0.1, 0.15) is 0 Å². The van der Waals surface area contributed by atoms with Crippen LogP contribution in [0.25, 0.3) is 0 Å². The summed E-state index contributed by atoms with van der Waals surface area (Å²) in [6.07, 6.45) is 6.54. The Hall–Kier alpha value is -1.51. The van der Waals surface area contributed by atoms with Crippen molar-refractivity contribution in [2.75, 3.05) is 18.4 Å². The summed E-state index contributed by atoms with van der Waals surface area (Å²) < 4.78 is 0. The lowest BCUT2D eigenvalue weighted by molar-refractivity contribution is 0.0951. The fraction of sp³-hybridized carbons (Fsp3) is 0.562. The zero-order chi connectivity index (χ0) is 13.5. The highest BCUT2D eigenvalue weighted by molar-refractivity contribution is 5.94. The fourth-order valence-corrected chi connectivity index (χ4v) is 2.73. The molecule has 1 amide bonds. The number of hydrogen-bond donors (Lipinski definition) is 2. The molecule has 1 aromatic carbocycles. The van der Waals surface area contributed by atoms with Crippen molar-refractivity contribution in [1.29, 1.82) is 0 Å². The molecule has 0 spiro atoms. The Morgan fingerprint density at radius 2 is 1.89 bits per heavy atom. The number of benzene rings is 1. The van der Waals surface area contributed by atoms with E-state index in [-0.39, 0.29) is 5.91 Å². The lowest BCUT2D eigenvalue weighted by Crippen LogP contribution is -2.25. The van der Waals surface area contributed by atoms with Crippen LogP contribution in [-0.4, -0.2) is 19.0 Å². The first-order chi connectivity index (χ1) is 9.29. The van der Waals surface area contributed by atoms with E-state index < -0.39 is 0 Å². The van der Waals surface area contributed by atoms with Crippen molar-refractivity contribution < 1.29 is 4.79 Å². The van der Waals surface area contributed by atoms with E-state index in [2.05, 4.69) is 17.6 Å². The van der Waals surface area contributed by atoms with E-state index in [0.29, 0.717) is 0 Å². The minimum atomic E-state index is 0.0426. The van der Waals surface area contributed by atoms with Gasteiger partial charge in [-0.25, -0.2) is 0 Å². The van der Waals surface area contributed by atoms with Gasteiger partial charge in [0.15, 0.2) is 0 Å². The van der Waals surface area contributed by atoms with E-state index in [1.54, 1.807) is 0 Å². The minimum Gasteiger partial charge on any atom is -0.385 e. The SMILES string of the molecule is CCNc1ccc(C(=O)NCCC2CCCC2)cc1. The maximum Gasteiger partial charge on any atom is 0.251 e. The van der Waals surface area contributed by atoms with Crippen molar-refractivity contribution >= 4 is 11.6 Å². The highest BCUT2D eigenvalue weighted by Gasteiger charge is 2.14. The molecule has 3 heteroatoms. The van der Waals surface area contributed by atoms with Gasteiger partial charge >= 0.3 is 0 Å². The molecule has 1 aliphatic carbocycles. The van der Waals surface area contributed by atoms with Crippen molar-refractivity contribution in [1.82, 2.24) is 5.32 Å². The highest BCUT2D eigenvalue weighted by Crippen LogP contribution is 2.26. The van der Waals surface area contributed by atoms with Crippen molar-refractivity contribution in [2.45, 2.75) is 39.0 Å². The summed E-state index contributed by atoms with van der Waals surface area (Å²) in [6, 6.07) is 7.66. The van der Waals surface area contributed by atoms with E-state index in [4.69, 9.17) is 0 Å². The summed E-state index contributed by atoms with van der Waals surface area (Å²) in [5.41, 5.74) is 1.80. The van der Waals surface area contributed by atoms with E-state index >= 15 is 0 Å². The van der Waals surface area contributed by atoms with E-state index in [9.17, 15) is 4.79 Å². The number of carbonyl (C=O) groups excluding carboxylic acids is 1. The number of carbonyl (C=O) groups is 1. The smallest absolute Gasteiger partial charge is 0.251 e. The summed E-state index contributed by atoms with van der Waals surface area (Å²) in [6.45, 7) is 3.76. The molecule has 1 aliphatic rings. The zero-order valence-corrected chi connectivity index (χ0v) is 11.7. The topological polar surface area (TPSA) is 41.1 Å². The van der Waals surface area contributed by atoms with Crippen LogP contribution in [-0.2, 0) is 0 Å². The van der Waals surface area contributed by atoms with Crippen molar-refractivity contribution in [3.8, 4) is 0 Å². The predicted molar refractivity (Wildman–Crippen MR) is 79.5 cm³/mol. The molecule has 0 bridgehead atoms. The first-order valence-electron chi connectivity index (χ1n) is 7.41. The van der Waals surface area contributed by atoms with Crippen LogP contribution in [0.4, 0.5) is 5.69 Å². The molecule has 0 aliphatic heterocycles. The molecule has 2 rings (SSSR count). The van der Waals surface area contributed by atoms with Crippen molar-refractivity contribution in [2.24, 2.45) is 5.92 Å². The van der Waals surface area contributed by atoms with E-state index in [1.165, 1.54) is 25.7 Å². The van der Waals surface area contributed by atoms with Gasteiger partial charge in [-0.15, -0.1) is 0 Å². The van der Waals surface area contributed by atoms with Crippen LogP contribution in [0.1, 0.15) is 49.4 Å². The standard InChI is InChI=1S/C16H24N2O/c1-2-17-15-9-7-14(8-10-15)16(19)18-12-11-13-5-3-4-6-13/h7-10,13,17H,2-6,11-12H2,1H3,(H,18,19). The number of hydrogen-bond acceptors (Lipinski definition) is 2. The summed E-state index contributed by atoms with van der Waals surface area (Å²) >= 11 is 0. The third-order valence-electron chi connectivity index (χ3n) is 3.84. The first-order valence-corrected chi connectivity index (χ1v) is 7.41. The highest BCUT2D eigenvalue weighted by atomic mass is 16.1. The first kappa shape index (κ1) is 13.9. The van der Waals surface area contributed by atoms with Gasteiger partial charge in [-0.2, -0.15) is 0 Å². The van der Waals surface area contributed by atoms with Gasteiger partial charge in [0.2, 0.25) is 0 Å². The molecule has 0 radical (unpaired) electrons. The molecule has 2 N–H and O–H groups in total. The summed E-state index contributed by atoms with van der Waals surface area (Å²) in [4.78, 5) is 12.0. The molecule has 0 heterocycles. The number of amides is 1. The molecule has 0 saturated heterocycles. The zero-order valence-electron chi connectivity index (χ0n) is 11.7. The summed E-state index contributed by atoms with van der Waals surface area (Å²) in [5, 5.41) is 6.24. The summed E-state index contributed by atoms with van der Waals surface area (Å²) in [5.74, 6) is 0.873. The second-order valence-electron chi connectivity index (χ2n) is 5.30. The van der Waals surface area contributed by atoms with Gasteiger partial charge in [0.25, 0.3) is 5.91 Å². The van der Waals surface area contributed by atoms with Gasteiger partial charge in [-0.05, 0) is 43.5 Å². The average Bonchev–Trinajstić information content (AvgIpc) is 2.93. The van der Waals surface area contributed by atoms with Crippen LogP contribution in [0.5, 0.6) is 0 Å². The Morgan fingerprint density at radius 1 is 1.21 bits per heavy atom. The molecular formula is C16H24N2O. The third-order valence-corrected chi connectivity index (χ3v) is 3.84. The monoisotopic (exact) mass is 260 g/mol. The normalized spacial score (nSPS) is 15.4. The van der Waals surface area contributed by atoms with Crippen LogP contribution in [0, 0.1) is 5.92 Å². The Kier molecular flexibility index (Phi) is 5.25. The molecule has 3 nitrogen and oxygen atoms in total. The van der Waals surface area contributed by atoms with Gasteiger partial charge < -0.3 is 10.6 Å². The van der Waals surface area contributed by atoms with Crippen molar-refractivity contribution in [3.05, 3.63) is 29.8 Å². The molecule has 0 atom stereocenters. The third kappa shape index (κ3) is 4.27. The molecule has 1 saturated carbocycles. The predicted octanol–water partition coefficient (Wildman–Crippen LogP) is 3.43. The minimum absolute atomic E-state index is 0.0426. The maximum atomic E-state index is 12.0. The van der Waals surface area contributed by atoms with E-state index in [0.717, 1.165) is 36.7 Å². The number of rotatable bonds is 6. The van der Waals surface area contributed by atoms with Crippen LogP contribution in [0.15, 0.2) is 24.3 Å². The molecule has 19 heavy (non-hydrogen) atoms. The fourth-order valence-electron chi connectivity index (χ4n) is 2.73. The largest absolute Gasteiger partial charge is 0.385 e. The average molecular weight is 260 g/mol. The van der Waals surface area contributed by atoms with Crippen molar-refractivity contribution in [3.63, 3.8) is 0 Å². The van der Waals surface area contributed by atoms with Crippen LogP contribution in [0.3, 0.4) is 0 Å². The van der Waals surface area contributed by atoms with Gasteiger partial charge in [-0.3, -0.25) is 4.79 Å². The lowest BCUT2D eigenvalue weighted by Gasteiger charge is -2.10. The Labute approximate surface area is 115 Å². The lowest BCUT2D eigenvalue weighted by atomic mass is 10.0. The van der Waals surface area contributed by atoms with Gasteiger partial charge in [-0.1, -0.05) is 25.7 Å². The molecule has 1 aromatic rings. The number of nitrogens with one attached hydrogen (secondary N) is 2. The second kappa shape index (κ2) is 7.17. The molecule has 0 aromatic heterocycles. The molecule has 104 valence electrons. The maximum absolute atomic E-state index is 12.0. The van der Waals surface area contributed by atoms with Crippen LogP contribution in [0.2, 0.25) is 0 Å². The number of anilines is 1. The molecule has 0 unspecified atom stereocenters. The molecule has 1 fully saturated rings. The Bertz CT molecular complexity index is 394. The Balaban J connectivity index is 1.75. The van der Waals surface area contributed by atoms with E-state index in [1.807, 2.05) is 24.3 Å². The van der Waals surface area contributed by atoms with Crippen LogP contribution >= 0.6 is 0 Å².